The minimum atomic E-state index is 0.418. The summed E-state index contributed by atoms with van der Waals surface area (Å²) >= 11 is 0. The van der Waals surface area contributed by atoms with Crippen molar-refractivity contribution >= 4 is 0 Å². The summed E-state index contributed by atoms with van der Waals surface area (Å²) in [5.41, 5.74) is 0. The van der Waals surface area contributed by atoms with E-state index in [1.165, 1.54) is 6.42 Å². The van der Waals surface area contributed by atoms with Gasteiger partial charge in [0.1, 0.15) is 5.82 Å². The highest BCUT2D eigenvalue weighted by Gasteiger charge is 2.35. The van der Waals surface area contributed by atoms with Gasteiger partial charge in [-0.3, -0.25) is 4.90 Å². The molecule has 58 valence electrons. The topological polar surface area (TPSA) is 30.3 Å². The van der Waals surface area contributed by atoms with Crippen LogP contribution in [0, 0.1) is 11.5 Å². The molecule has 0 radical (unpaired) electrons. The molecule has 0 aliphatic carbocycles. The third-order valence-electron chi connectivity index (χ3n) is 2.51. The Morgan fingerprint density at radius 3 is 3.09 bits per heavy atom. The molecule has 2 heterocycles. The third kappa shape index (κ3) is 0.790. The molecule has 2 rings (SSSR count). The van der Waals surface area contributed by atoms with Crippen molar-refractivity contribution in [1.29, 1.82) is 5.26 Å². The molecule has 0 spiro atoms. The Kier molecular flexibility index (Phi) is 1.28. The van der Waals surface area contributed by atoms with Gasteiger partial charge in [-0.15, -0.1) is 0 Å². The second-order valence-corrected chi connectivity index (χ2v) is 3.13. The van der Waals surface area contributed by atoms with E-state index in [0.29, 0.717) is 6.04 Å². The molecule has 0 aromatic rings. The molecular formula is C8H11N3. The van der Waals surface area contributed by atoms with Crippen molar-refractivity contribution in [3.63, 3.8) is 0 Å². The number of nitrogens with zero attached hydrogens (tertiary/aromatic N) is 3. The van der Waals surface area contributed by atoms with Gasteiger partial charge in [-0.05, 0) is 12.8 Å². The molecule has 3 heteroatoms. The lowest BCUT2D eigenvalue weighted by Crippen LogP contribution is -2.29. The number of rotatable bonds is 0. The standard InChI is InChI=1S/C8H11N3/c1-7-10-4-2-3-8(5-10)11(7)6-9/h8H,1-5H2. The molecule has 2 aliphatic heterocycles. The van der Waals surface area contributed by atoms with E-state index in [1.54, 1.807) is 4.90 Å². The summed E-state index contributed by atoms with van der Waals surface area (Å²) in [4.78, 5) is 3.93. The van der Waals surface area contributed by atoms with Gasteiger partial charge in [0.05, 0.1) is 6.04 Å². The molecule has 11 heavy (non-hydrogen) atoms. The predicted octanol–water partition coefficient (Wildman–Crippen LogP) is 0.719. The van der Waals surface area contributed by atoms with Gasteiger partial charge < -0.3 is 4.90 Å². The first-order valence-corrected chi connectivity index (χ1v) is 3.96. The summed E-state index contributed by atoms with van der Waals surface area (Å²) in [5.74, 6) is 0.898. The molecular weight excluding hydrogens is 138 g/mol. The van der Waals surface area contributed by atoms with Gasteiger partial charge in [0.2, 0.25) is 0 Å². The molecule has 3 nitrogen and oxygen atoms in total. The molecule has 0 amide bonds. The van der Waals surface area contributed by atoms with Crippen LogP contribution in [0.5, 0.6) is 0 Å². The fourth-order valence-electron chi connectivity index (χ4n) is 1.90. The number of hydrogen-bond donors (Lipinski definition) is 0. The van der Waals surface area contributed by atoms with Gasteiger partial charge in [-0.1, -0.05) is 6.58 Å². The first kappa shape index (κ1) is 6.53. The normalized spacial score (nSPS) is 29.0. The Labute approximate surface area is 66.5 Å². The molecule has 2 bridgehead atoms. The van der Waals surface area contributed by atoms with Crippen molar-refractivity contribution in [2.24, 2.45) is 0 Å². The number of nitriles is 1. The van der Waals surface area contributed by atoms with Crippen LogP contribution in [-0.4, -0.2) is 28.9 Å². The highest BCUT2D eigenvalue weighted by Crippen LogP contribution is 2.29. The van der Waals surface area contributed by atoms with Gasteiger partial charge in [0.25, 0.3) is 0 Å². The summed E-state index contributed by atoms with van der Waals surface area (Å²) in [5, 5.41) is 8.77. The van der Waals surface area contributed by atoms with E-state index in [4.69, 9.17) is 5.26 Å². The molecule has 0 saturated carbocycles. The van der Waals surface area contributed by atoms with Crippen molar-refractivity contribution in [3.05, 3.63) is 12.4 Å². The molecule has 1 unspecified atom stereocenters. The second kappa shape index (κ2) is 2.16. The highest BCUT2D eigenvalue weighted by molar-refractivity contribution is 5.12. The van der Waals surface area contributed by atoms with Crippen LogP contribution in [0.4, 0.5) is 0 Å². The van der Waals surface area contributed by atoms with Crippen LogP contribution in [0.3, 0.4) is 0 Å². The average molecular weight is 149 g/mol. The van der Waals surface area contributed by atoms with E-state index in [0.717, 1.165) is 25.3 Å². The number of piperidine rings is 1. The molecule has 2 saturated heterocycles. The van der Waals surface area contributed by atoms with Crippen LogP contribution in [0.1, 0.15) is 12.8 Å². The third-order valence-corrected chi connectivity index (χ3v) is 2.51. The lowest BCUT2D eigenvalue weighted by atomic mass is 10.1. The predicted molar refractivity (Wildman–Crippen MR) is 41.2 cm³/mol. The van der Waals surface area contributed by atoms with E-state index in [-0.39, 0.29) is 0 Å². The van der Waals surface area contributed by atoms with Crippen LogP contribution in [0.25, 0.3) is 0 Å². The summed E-state index contributed by atoms with van der Waals surface area (Å²) < 4.78 is 0. The molecule has 0 aromatic carbocycles. The van der Waals surface area contributed by atoms with Crippen LogP contribution in [0.2, 0.25) is 0 Å². The number of hydrogen-bond acceptors (Lipinski definition) is 3. The summed E-state index contributed by atoms with van der Waals surface area (Å²) in [6.07, 6.45) is 4.52. The average Bonchev–Trinajstić information content (AvgIpc) is 2.25. The van der Waals surface area contributed by atoms with Crippen LogP contribution >= 0.6 is 0 Å². The smallest absolute Gasteiger partial charge is 0.185 e. The number of fused-ring (bicyclic) bond motifs is 2. The quantitative estimate of drug-likeness (QED) is 0.475. The van der Waals surface area contributed by atoms with Crippen LogP contribution in [-0.2, 0) is 0 Å². The van der Waals surface area contributed by atoms with Crippen LogP contribution in [0.15, 0.2) is 12.4 Å². The zero-order chi connectivity index (χ0) is 7.84. The minimum absolute atomic E-state index is 0.418. The van der Waals surface area contributed by atoms with Gasteiger partial charge in [-0.25, -0.2) is 0 Å². The molecule has 0 N–H and O–H groups in total. The SMILES string of the molecule is C=C1N2CCCC(C2)N1C#N. The lowest BCUT2D eigenvalue weighted by molar-refractivity contribution is 0.317. The van der Waals surface area contributed by atoms with Crippen LogP contribution < -0.4 is 0 Å². The molecule has 2 aliphatic rings. The second-order valence-electron chi connectivity index (χ2n) is 3.13. The zero-order valence-electron chi connectivity index (χ0n) is 6.45. The van der Waals surface area contributed by atoms with E-state index in [9.17, 15) is 0 Å². The minimum Gasteiger partial charge on any atom is -0.356 e. The van der Waals surface area contributed by atoms with Gasteiger partial charge in [0, 0.05) is 13.1 Å². The Balaban J connectivity index is 2.25. The van der Waals surface area contributed by atoms with E-state index >= 15 is 0 Å². The monoisotopic (exact) mass is 149 g/mol. The Morgan fingerprint density at radius 1 is 1.64 bits per heavy atom. The first-order chi connectivity index (χ1) is 5.33. The lowest BCUT2D eigenvalue weighted by Gasteiger charge is -2.20. The van der Waals surface area contributed by atoms with Crippen molar-refractivity contribution < 1.29 is 0 Å². The summed E-state index contributed by atoms with van der Waals surface area (Å²) in [6, 6.07) is 0.418. The van der Waals surface area contributed by atoms with E-state index in [1.807, 2.05) is 0 Å². The maximum Gasteiger partial charge on any atom is 0.185 e. The Hall–Kier alpha value is -1.17. The zero-order valence-corrected chi connectivity index (χ0v) is 6.45. The van der Waals surface area contributed by atoms with E-state index in [2.05, 4.69) is 17.7 Å². The van der Waals surface area contributed by atoms with Crippen molar-refractivity contribution in [2.45, 2.75) is 18.9 Å². The maximum atomic E-state index is 8.77. The molecule has 1 atom stereocenters. The van der Waals surface area contributed by atoms with Crippen molar-refractivity contribution in [3.8, 4) is 6.19 Å². The van der Waals surface area contributed by atoms with Gasteiger partial charge in [-0.2, -0.15) is 5.26 Å². The fraction of sp³-hybridized carbons (Fsp3) is 0.625. The largest absolute Gasteiger partial charge is 0.356 e. The van der Waals surface area contributed by atoms with Gasteiger partial charge >= 0.3 is 0 Å². The summed E-state index contributed by atoms with van der Waals surface area (Å²) in [7, 11) is 0. The molecule has 0 aromatic heterocycles. The first-order valence-electron chi connectivity index (χ1n) is 3.96. The van der Waals surface area contributed by atoms with E-state index < -0.39 is 0 Å². The van der Waals surface area contributed by atoms with Crippen molar-refractivity contribution in [2.75, 3.05) is 13.1 Å². The van der Waals surface area contributed by atoms with Crippen molar-refractivity contribution in [1.82, 2.24) is 9.80 Å². The van der Waals surface area contributed by atoms with Gasteiger partial charge in [0.15, 0.2) is 6.19 Å². The molecule has 2 fully saturated rings. The maximum absolute atomic E-state index is 8.77. The Bertz CT molecular complexity index is 228. The summed E-state index contributed by atoms with van der Waals surface area (Å²) in [6.45, 7) is 5.96. The Morgan fingerprint density at radius 2 is 2.45 bits per heavy atom. The fourth-order valence-corrected chi connectivity index (χ4v) is 1.90. The highest BCUT2D eigenvalue weighted by atomic mass is 15.4.